The average Bonchev–Trinajstić information content (AvgIpc) is 2.35. The molecule has 1 rings (SSSR count). The molecule has 0 aromatic heterocycles. The van der Waals surface area contributed by atoms with E-state index in [0.29, 0.717) is 5.56 Å². The molecular formula is C13H17F4NO. The molecule has 1 aromatic rings. The van der Waals surface area contributed by atoms with Crippen LogP contribution in [0.2, 0.25) is 0 Å². The molecule has 1 aromatic carbocycles. The van der Waals surface area contributed by atoms with Crippen LogP contribution in [0.5, 0.6) is 5.75 Å². The summed E-state index contributed by atoms with van der Waals surface area (Å²) in [5, 5.41) is 2.41. The van der Waals surface area contributed by atoms with Crippen LogP contribution in [-0.2, 0) is 0 Å². The molecule has 0 bridgehead atoms. The van der Waals surface area contributed by atoms with E-state index in [4.69, 9.17) is 4.74 Å². The molecule has 0 spiro atoms. The molecule has 0 aliphatic carbocycles. The van der Waals surface area contributed by atoms with Crippen molar-refractivity contribution in [2.45, 2.75) is 32.2 Å². The molecule has 0 aliphatic rings. The molecule has 0 fully saturated rings. The van der Waals surface area contributed by atoms with Gasteiger partial charge in [0.15, 0.2) is 0 Å². The lowest BCUT2D eigenvalue weighted by Crippen LogP contribution is -2.42. The normalized spacial score (nSPS) is 13.7. The van der Waals surface area contributed by atoms with Crippen molar-refractivity contribution in [1.82, 2.24) is 5.32 Å². The maximum Gasteiger partial charge on any atom is 0.326 e. The van der Waals surface area contributed by atoms with Crippen LogP contribution in [0.3, 0.4) is 0 Å². The minimum atomic E-state index is -4.17. The van der Waals surface area contributed by atoms with Gasteiger partial charge in [0.2, 0.25) is 0 Å². The van der Waals surface area contributed by atoms with Crippen LogP contribution < -0.4 is 10.1 Å². The van der Waals surface area contributed by atoms with E-state index < -0.39 is 18.4 Å². The third-order valence-corrected chi connectivity index (χ3v) is 2.78. The summed E-state index contributed by atoms with van der Waals surface area (Å²) in [5.74, 6) is -4.01. The summed E-state index contributed by atoms with van der Waals surface area (Å²) in [6.45, 7) is 3.42. The number of halogens is 4. The van der Waals surface area contributed by atoms with Gasteiger partial charge in [-0.25, -0.2) is 8.78 Å². The molecule has 1 atom stereocenters. The van der Waals surface area contributed by atoms with Crippen LogP contribution in [0, 0.1) is 6.92 Å². The molecule has 1 unspecified atom stereocenters. The highest BCUT2D eigenvalue weighted by molar-refractivity contribution is 5.40. The molecule has 0 saturated carbocycles. The minimum absolute atomic E-state index is 0.0367. The van der Waals surface area contributed by atoms with Crippen molar-refractivity contribution in [3.05, 3.63) is 29.3 Å². The molecular weight excluding hydrogens is 262 g/mol. The standard InChI is InChI=1S/C13H17F4NO/c1-4-18-11(13(16,17)12(14)15)9-7-8(2)5-6-10(9)19-3/h5-7,11-12,18H,4H2,1-3H3. The van der Waals surface area contributed by atoms with Crippen LogP contribution in [0.4, 0.5) is 17.6 Å². The van der Waals surface area contributed by atoms with Gasteiger partial charge in [0.25, 0.3) is 0 Å². The Morgan fingerprint density at radius 2 is 1.95 bits per heavy atom. The van der Waals surface area contributed by atoms with Crippen molar-refractivity contribution >= 4 is 0 Å². The van der Waals surface area contributed by atoms with E-state index in [9.17, 15) is 17.6 Å². The first-order valence-corrected chi connectivity index (χ1v) is 5.88. The zero-order valence-corrected chi connectivity index (χ0v) is 11.0. The SMILES string of the molecule is CCNC(c1cc(C)ccc1OC)C(F)(F)C(F)F. The minimum Gasteiger partial charge on any atom is -0.496 e. The summed E-state index contributed by atoms with van der Waals surface area (Å²) in [6, 6.07) is 2.82. The Morgan fingerprint density at radius 3 is 2.42 bits per heavy atom. The first-order valence-electron chi connectivity index (χ1n) is 5.88. The summed E-state index contributed by atoms with van der Waals surface area (Å²) < 4.78 is 57.5. The molecule has 0 radical (unpaired) electrons. The Labute approximate surface area is 109 Å². The van der Waals surface area contributed by atoms with E-state index in [2.05, 4.69) is 5.32 Å². The molecule has 0 heterocycles. The lowest BCUT2D eigenvalue weighted by Gasteiger charge is -2.28. The predicted octanol–water partition coefficient (Wildman–Crippen LogP) is 3.55. The highest BCUT2D eigenvalue weighted by Crippen LogP contribution is 2.40. The fourth-order valence-electron chi connectivity index (χ4n) is 1.86. The zero-order chi connectivity index (χ0) is 14.6. The second kappa shape index (κ2) is 6.23. The molecule has 6 heteroatoms. The molecule has 1 N–H and O–H groups in total. The number of alkyl halides is 4. The summed E-state index contributed by atoms with van der Waals surface area (Å²) >= 11 is 0. The van der Waals surface area contributed by atoms with Crippen LogP contribution in [0.15, 0.2) is 18.2 Å². The van der Waals surface area contributed by atoms with Crippen molar-refractivity contribution in [3.8, 4) is 5.75 Å². The Morgan fingerprint density at radius 1 is 1.32 bits per heavy atom. The van der Waals surface area contributed by atoms with Gasteiger partial charge >= 0.3 is 12.3 Å². The number of rotatable bonds is 6. The second-order valence-corrected chi connectivity index (χ2v) is 4.21. The molecule has 0 aliphatic heterocycles. The Kier molecular flexibility index (Phi) is 5.17. The lowest BCUT2D eigenvalue weighted by molar-refractivity contribution is -0.151. The van der Waals surface area contributed by atoms with E-state index in [1.807, 2.05) is 0 Å². The summed E-state index contributed by atoms with van der Waals surface area (Å²) in [4.78, 5) is 0. The fourth-order valence-corrected chi connectivity index (χ4v) is 1.86. The van der Waals surface area contributed by atoms with Crippen LogP contribution in [-0.4, -0.2) is 26.0 Å². The third kappa shape index (κ3) is 3.37. The number of hydrogen-bond donors (Lipinski definition) is 1. The van der Waals surface area contributed by atoms with Gasteiger partial charge in [-0.1, -0.05) is 24.6 Å². The van der Waals surface area contributed by atoms with Crippen molar-refractivity contribution < 1.29 is 22.3 Å². The lowest BCUT2D eigenvalue weighted by atomic mass is 9.97. The molecule has 0 saturated heterocycles. The van der Waals surface area contributed by atoms with Gasteiger partial charge in [-0.15, -0.1) is 0 Å². The van der Waals surface area contributed by atoms with Gasteiger partial charge in [0.05, 0.1) is 7.11 Å². The quantitative estimate of drug-likeness (QED) is 0.804. The van der Waals surface area contributed by atoms with Gasteiger partial charge in [-0.2, -0.15) is 8.78 Å². The Hall–Kier alpha value is -1.30. The van der Waals surface area contributed by atoms with Gasteiger partial charge in [-0.05, 0) is 19.5 Å². The fraction of sp³-hybridized carbons (Fsp3) is 0.538. The van der Waals surface area contributed by atoms with Crippen molar-refractivity contribution in [2.75, 3.05) is 13.7 Å². The molecule has 2 nitrogen and oxygen atoms in total. The molecule has 19 heavy (non-hydrogen) atoms. The summed E-state index contributed by atoms with van der Waals surface area (Å²) in [7, 11) is 1.32. The maximum absolute atomic E-state index is 13.7. The molecule has 0 amide bonds. The zero-order valence-electron chi connectivity index (χ0n) is 11.0. The third-order valence-electron chi connectivity index (χ3n) is 2.78. The number of benzene rings is 1. The van der Waals surface area contributed by atoms with Crippen molar-refractivity contribution in [1.29, 1.82) is 0 Å². The van der Waals surface area contributed by atoms with Gasteiger partial charge < -0.3 is 10.1 Å². The molecule has 108 valence electrons. The second-order valence-electron chi connectivity index (χ2n) is 4.21. The monoisotopic (exact) mass is 279 g/mol. The van der Waals surface area contributed by atoms with E-state index in [1.165, 1.54) is 19.2 Å². The van der Waals surface area contributed by atoms with Gasteiger partial charge in [-0.3, -0.25) is 0 Å². The average molecular weight is 279 g/mol. The highest BCUT2D eigenvalue weighted by atomic mass is 19.3. The predicted molar refractivity (Wildman–Crippen MR) is 65.1 cm³/mol. The van der Waals surface area contributed by atoms with Gasteiger partial charge in [0.1, 0.15) is 11.8 Å². The number of nitrogens with one attached hydrogen (secondary N) is 1. The Balaban J connectivity index is 3.29. The number of ether oxygens (including phenoxy) is 1. The van der Waals surface area contributed by atoms with Crippen LogP contribution >= 0.6 is 0 Å². The van der Waals surface area contributed by atoms with E-state index in [0.717, 1.165) is 0 Å². The van der Waals surface area contributed by atoms with Gasteiger partial charge in [0, 0.05) is 5.56 Å². The highest BCUT2D eigenvalue weighted by Gasteiger charge is 2.50. The van der Waals surface area contributed by atoms with E-state index in [1.54, 1.807) is 19.9 Å². The summed E-state index contributed by atoms with van der Waals surface area (Å²) in [6.07, 6.45) is -3.75. The summed E-state index contributed by atoms with van der Waals surface area (Å²) in [5.41, 5.74) is 0.735. The number of aryl methyl sites for hydroxylation is 1. The number of hydrogen-bond acceptors (Lipinski definition) is 2. The van der Waals surface area contributed by atoms with E-state index in [-0.39, 0.29) is 17.9 Å². The topological polar surface area (TPSA) is 21.3 Å². The largest absolute Gasteiger partial charge is 0.496 e. The smallest absolute Gasteiger partial charge is 0.326 e. The van der Waals surface area contributed by atoms with E-state index >= 15 is 0 Å². The van der Waals surface area contributed by atoms with Crippen LogP contribution in [0.1, 0.15) is 24.1 Å². The number of methoxy groups -OCH3 is 1. The first kappa shape index (κ1) is 15.8. The van der Waals surface area contributed by atoms with Crippen molar-refractivity contribution in [3.63, 3.8) is 0 Å². The first-order chi connectivity index (χ1) is 8.84. The Bertz CT molecular complexity index is 423. The maximum atomic E-state index is 13.7. The van der Waals surface area contributed by atoms with Crippen LogP contribution in [0.25, 0.3) is 0 Å². The van der Waals surface area contributed by atoms with Crippen molar-refractivity contribution in [2.24, 2.45) is 0 Å².